The highest BCUT2D eigenvalue weighted by Gasteiger charge is 2.21. The summed E-state index contributed by atoms with van der Waals surface area (Å²) in [7, 11) is 1.68. The van der Waals surface area contributed by atoms with Crippen molar-refractivity contribution in [1.82, 2.24) is 0 Å². The molecular weight excluding hydrogens is 156 g/mol. The summed E-state index contributed by atoms with van der Waals surface area (Å²) in [5.74, 6) is 0. The summed E-state index contributed by atoms with van der Waals surface area (Å²) in [5, 5.41) is 17.9. The Labute approximate surface area is 74.4 Å². The molecule has 0 bridgehead atoms. The van der Waals surface area contributed by atoms with Gasteiger partial charge in [-0.05, 0) is 12.8 Å². The SMILES string of the molecule is COCCCCC(C)(CO)CO. The van der Waals surface area contributed by atoms with Gasteiger partial charge in [-0.2, -0.15) is 0 Å². The van der Waals surface area contributed by atoms with Gasteiger partial charge in [0.15, 0.2) is 0 Å². The van der Waals surface area contributed by atoms with Crippen molar-refractivity contribution in [3.05, 3.63) is 0 Å². The van der Waals surface area contributed by atoms with Crippen LogP contribution in [0.1, 0.15) is 26.2 Å². The number of hydrogen-bond donors (Lipinski definition) is 2. The van der Waals surface area contributed by atoms with E-state index >= 15 is 0 Å². The average Bonchev–Trinajstić information content (AvgIpc) is 2.12. The summed E-state index contributed by atoms with van der Waals surface area (Å²) in [5.41, 5.74) is -0.312. The maximum atomic E-state index is 8.95. The Balaban J connectivity index is 3.45. The highest BCUT2D eigenvalue weighted by molar-refractivity contribution is 4.71. The molecule has 0 fully saturated rings. The van der Waals surface area contributed by atoms with Crippen molar-refractivity contribution < 1.29 is 14.9 Å². The minimum absolute atomic E-state index is 0.0521. The number of unbranched alkanes of at least 4 members (excludes halogenated alkanes) is 1. The molecular formula is C9H20O3. The Bertz CT molecular complexity index is 99.9. The molecule has 0 spiro atoms. The zero-order chi connectivity index (χ0) is 9.45. The van der Waals surface area contributed by atoms with Gasteiger partial charge in [-0.15, -0.1) is 0 Å². The van der Waals surface area contributed by atoms with Gasteiger partial charge in [-0.1, -0.05) is 13.3 Å². The van der Waals surface area contributed by atoms with Crippen LogP contribution in [0.2, 0.25) is 0 Å². The second-order valence-electron chi connectivity index (χ2n) is 3.58. The summed E-state index contributed by atoms with van der Waals surface area (Å²) in [6.45, 7) is 2.75. The first-order valence-electron chi connectivity index (χ1n) is 4.39. The van der Waals surface area contributed by atoms with E-state index in [1.54, 1.807) is 7.11 Å². The Morgan fingerprint density at radius 2 is 1.75 bits per heavy atom. The van der Waals surface area contributed by atoms with Crippen molar-refractivity contribution in [2.24, 2.45) is 5.41 Å². The summed E-state index contributed by atoms with van der Waals surface area (Å²) >= 11 is 0. The number of aliphatic hydroxyl groups excluding tert-OH is 2. The summed E-state index contributed by atoms with van der Waals surface area (Å²) < 4.78 is 4.90. The molecule has 0 unspecified atom stereocenters. The molecule has 3 nitrogen and oxygen atoms in total. The van der Waals surface area contributed by atoms with E-state index in [9.17, 15) is 0 Å². The molecule has 2 N–H and O–H groups in total. The van der Waals surface area contributed by atoms with Gasteiger partial charge in [0.1, 0.15) is 0 Å². The average molecular weight is 176 g/mol. The van der Waals surface area contributed by atoms with E-state index in [4.69, 9.17) is 14.9 Å². The van der Waals surface area contributed by atoms with E-state index in [1.807, 2.05) is 6.92 Å². The quantitative estimate of drug-likeness (QED) is 0.564. The van der Waals surface area contributed by atoms with E-state index in [1.165, 1.54) is 0 Å². The fourth-order valence-corrected chi connectivity index (χ4v) is 1.01. The summed E-state index contributed by atoms with van der Waals surface area (Å²) in [6.07, 6.45) is 2.83. The molecule has 3 heteroatoms. The molecule has 0 aromatic heterocycles. The Kier molecular flexibility index (Phi) is 6.34. The van der Waals surface area contributed by atoms with Crippen molar-refractivity contribution in [1.29, 1.82) is 0 Å². The van der Waals surface area contributed by atoms with Crippen LogP contribution in [0.4, 0.5) is 0 Å². The first-order chi connectivity index (χ1) is 5.68. The summed E-state index contributed by atoms with van der Waals surface area (Å²) in [4.78, 5) is 0. The van der Waals surface area contributed by atoms with Gasteiger partial charge in [0, 0.05) is 19.1 Å². The van der Waals surface area contributed by atoms with Crippen molar-refractivity contribution >= 4 is 0 Å². The predicted molar refractivity (Wildman–Crippen MR) is 48.0 cm³/mol. The normalized spacial score (nSPS) is 12.0. The van der Waals surface area contributed by atoms with Crippen molar-refractivity contribution in [3.8, 4) is 0 Å². The molecule has 0 saturated heterocycles. The van der Waals surface area contributed by atoms with E-state index in [2.05, 4.69) is 0 Å². The van der Waals surface area contributed by atoms with Gasteiger partial charge < -0.3 is 14.9 Å². The standard InChI is InChI=1S/C9H20O3/c1-9(7-10,8-11)5-3-4-6-12-2/h10-11H,3-8H2,1-2H3. The zero-order valence-electron chi connectivity index (χ0n) is 8.05. The molecule has 0 atom stereocenters. The fraction of sp³-hybridized carbons (Fsp3) is 1.00. The molecule has 12 heavy (non-hydrogen) atoms. The molecule has 74 valence electrons. The smallest absolute Gasteiger partial charge is 0.0506 e. The van der Waals surface area contributed by atoms with Gasteiger partial charge in [-0.25, -0.2) is 0 Å². The number of aliphatic hydroxyl groups is 2. The fourth-order valence-electron chi connectivity index (χ4n) is 1.01. The molecule has 0 amide bonds. The molecule has 0 rings (SSSR count). The lowest BCUT2D eigenvalue weighted by Crippen LogP contribution is -2.25. The van der Waals surface area contributed by atoms with Gasteiger partial charge in [0.05, 0.1) is 13.2 Å². The van der Waals surface area contributed by atoms with E-state index in [0.717, 1.165) is 25.9 Å². The molecule has 0 radical (unpaired) electrons. The molecule has 0 saturated carbocycles. The van der Waals surface area contributed by atoms with Crippen LogP contribution in [0.3, 0.4) is 0 Å². The van der Waals surface area contributed by atoms with Crippen LogP contribution in [0.15, 0.2) is 0 Å². The largest absolute Gasteiger partial charge is 0.396 e. The Hall–Kier alpha value is -0.120. The van der Waals surface area contributed by atoms with Gasteiger partial charge in [0.2, 0.25) is 0 Å². The van der Waals surface area contributed by atoms with Gasteiger partial charge in [-0.3, -0.25) is 0 Å². The van der Waals surface area contributed by atoms with Crippen LogP contribution < -0.4 is 0 Å². The molecule has 0 aromatic rings. The van der Waals surface area contributed by atoms with Crippen LogP contribution in [-0.4, -0.2) is 37.1 Å². The van der Waals surface area contributed by atoms with E-state index in [0.29, 0.717) is 0 Å². The first-order valence-corrected chi connectivity index (χ1v) is 4.39. The van der Waals surface area contributed by atoms with Crippen molar-refractivity contribution in [2.45, 2.75) is 26.2 Å². The molecule has 0 aromatic carbocycles. The van der Waals surface area contributed by atoms with Gasteiger partial charge in [0.25, 0.3) is 0 Å². The first kappa shape index (κ1) is 11.9. The maximum absolute atomic E-state index is 8.95. The second-order valence-corrected chi connectivity index (χ2v) is 3.58. The Morgan fingerprint density at radius 1 is 1.17 bits per heavy atom. The van der Waals surface area contributed by atoms with Crippen LogP contribution in [0, 0.1) is 5.41 Å². The lowest BCUT2D eigenvalue weighted by molar-refractivity contribution is 0.0585. The van der Waals surface area contributed by atoms with Crippen LogP contribution in [0.5, 0.6) is 0 Å². The minimum Gasteiger partial charge on any atom is -0.396 e. The molecule has 0 aliphatic heterocycles. The van der Waals surface area contributed by atoms with Crippen LogP contribution in [-0.2, 0) is 4.74 Å². The maximum Gasteiger partial charge on any atom is 0.0506 e. The minimum atomic E-state index is -0.312. The van der Waals surface area contributed by atoms with Crippen LogP contribution in [0.25, 0.3) is 0 Å². The molecule has 0 heterocycles. The predicted octanol–water partition coefficient (Wildman–Crippen LogP) is 0.794. The molecule has 0 aliphatic carbocycles. The number of methoxy groups -OCH3 is 1. The van der Waals surface area contributed by atoms with Crippen molar-refractivity contribution in [3.63, 3.8) is 0 Å². The zero-order valence-corrected chi connectivity index (χ0v) is 8.05. The lowest BCUT2D eigenvalue weighted by atomic mass is 9.87. The highest BCUT2D eigenvalue weighted by atomic mass is 16.5. The lowest BCUT2D eigenvalue weighted by Gasteiger charge is -2.24. The third-order valence-electron chi connectivity index (χ3n) is 2.14. The van der Waals surface area contributed by atoms with E-state index < -0.39 is 0 Å². The molecule has 0 aliphatic rings. The van der Waals surface area contributed by atoms with Crippen molar-refractivity contribution in [2.75, 3.05) is 26.9 Å². The number of hydrogen-bond acceptors (Lipinski definition) is 3. The summed E-state index contributed by atoms with van der Waals surface area (Å²) in [6, 6.07) is 0. The third-order valence-corrected chi connectivity index (χ3v) is 2.14. The highest BCUT2D eigenvalue weighted by Crippen LogP contribution is 2.22. The second kappa shape index (κ2) is 6.40. The topological polar surface area (TPSA) is 49.7 Å². The number of rotatable bonds is 7. The Morgan fingerprint density at radius 3 is 2.17 bits per heavy atom. The van der Waals surface area contributed by atoms with Gasteiger partial charge >= 0.3 is 0 Å². The van der Waals surface area contributed by atoms with Crippen LogP contribution >= 0.6 is 0 Å². The third kappa shape index (κ3) is 4.70. The monoisotopic (exact) mass is 176 g/mol. The van der Waals surface area contributed by atoms with E-state index in [-0.39, 0.29) is 18.6 Å². The number of ether oxygens (including phenoxy) is 1.